The molecule has 0 aliphatic rings. The fraction of sp³-hybridized carbons (Fsp3) is 0.600. The summed E-state index contributed by atoms with van der Waals surface area (Å²) in [5.74, 6) is -0.973. The summed E-state index contributed by atoms with van der Waals surface area (Å²) in [5.41, 5.74) is -0.476. The van der Waals surface area contributed by atoms with Gasteiger partial charge in [0.15, 0.2) is 0 Å². The number of esters is 2. The predicted octanol–water partition coefficient (Wildman–Crippen LogP) is 4.54. The van der Waals surface area contributed by atoms with E-state index in [1.807, 2.05) is 0 Å². The number of benzene rings is 1. The van der Waals surface area contributed by atoms with E-state index in [0.717, 1.165) is 37.8 Å². The van der Waals surface area contributed by atoms with Gasteiger partial charge in [-0.2, -0.15) is 0 Å². The maximum Gasteiger partial charge on any atom is 0.306 e. The summed E-state index contributed by atoms with van der Waals surface area (Å²) in [6, 6.07) is 2.02. The molecule has 0 bridgehead atoms. The molecule has 0 atom stereocenters. The van der Waals surface area contributed by atoms with E-state index in [4.69, 9.17) is 9.47 Å². The highest BCUT2D eigenvalue weighted by atomic mass is 16.6. The molecular formula is C20H28N2O8. The monoisotopic (exact) mass is 424 g/mol. The summed E-state index contributed by atoms with van der Waals surface area (Å²) in [6.45, 7) is 3.61. The molecule has 1 rings (SSSR count). The molecule has 0 spiro atoms. The molecule has 10 heteroatoms. The fourth-order valence-corrected chi connectivity index (χ4v) is 2.76. The molecule has 0 amide bonds. The lowest BCUT2D eigenvalue weighted by molar-refractivity contribution is -0.394. The van der Waals surface area contributed by atoms with Crippen LogP contribution in [0.15, 0.2) is 12.1 Å². The average Bonchev–Trinajstić information content (AvgIpc) is 2.69. The van der Waals surface area contributed by atoms with E-state index in [1.165, 1.54) is 13.3 Å². The minimum atomic E-state index is -0.743. The van der Waals surface area contributed by atoms with Gasteiger partial charge in [-0.1, -0.05) is 32.6 Å². The number of nitrogens with zero attached hydrogens (tertiary/aromatic N) is 2. The molecule has 0 unspecified atom stereocenters. The zero-order chi connectivity index (χ0) is 22.5. The smallest absolute Gasteiger partial charge is 0.306 e. The Kier molecular flexibility index (Phi) is 11.0. The van der Waals surface area contributed by atoms with Crippen LogP contribution >= 0.6 is 0 Å². The molecule has 0 saturated heterocycles. The van der Waals surface area contributed by atoms with Crippen molar-refractivity contribution in [2.75, 3.05) is 6.61 Å². The van der Waals surface area contributed by atoms with E-state index in [2.05, 4.69) is 6.92 Å². The molecule has 0 N–H and O–H groups in total. The first kappa shape index (κ1) is 25.0. The zero-order valence-electron chi connectivity index (χ0n) is 17.4. The quantitative estimate of drug-likeness (QED) is 0.183. The summed E-state index contributed by atoms with van der Waals surface area (Å²) >= 11 is 0. The van der Waals surface area contributed by atoms with Crippen molar-refractivity contribution in [2.45, 2.75) is 71.8 Å². The van der Waals surface area contributed by atoms with Crippen LogP contribution in [0.5, 0.6) is 0 Å². The van der Waals surface area contributed by atoms with Crippen LogP contribution in [0.3, 0.4) is 0 Å². The van der Waals surface area contributed by atoms with Gasteiger partial charge < -0.3 is 9.47 Å². The highest BCUT2D eigenvalue weighted by molar-refractivity contribution is 5.72. The Labute approximate surface area is 174 Å². The van der Waals surface area contributed by atoms with Crippen LogP contribution < -0.4 is 0 Å². The van der Waals surface area contributed by atoms with Crippen molar-refractivity contribution in [2.24, 2.45) is 0 Å². The van der Waals surface area contributed by atoms with Gasteiger partial charge in [0, 0.05) is 30.0 Å². The third-order valence-corrected chi connectivity index (χ3v) is 4.54. The van der Waals surface area contributed by atoms with Gasteiger partial charge in [0.05, 0.1) is 22.5 Å². The molecule has 0 heterocycles. The zero-order valence-corrected chi connectivity index (χ0v) is 17.4. The summed E-state index contributed by atoms with van der Waals surface area (Å²) in [4.78, 5) is 44.1. The normalized spacial score (nSPS) is 10.5. The maximum absolute atomic E-state index is 11.9. The average molecular weight is 424 g/mol. The van der Waals surface area contributed by atoms with Crippen molar-refractivity contribution in [3.63, 3.8) is 0 Å². The van der Waals surface area contributed by atoms with Gasteiger partial charge in [-0.25, -0.2) is 0 Å². The number of carbonyl (C=O) groups is 2. The number of unbranched alkanes of at least 4 members (excludes halogenated alkanes) is 4. The van der Waals surface area contributed by atoms with Crippen LogP contribution in [0, 0.1) is 27.2 Å². The van der Waals surface area contributed by atoms with Crippen LogP contribution in [-0.2, 0) is 25.7 Å². The predicted molar refractivity (Wildman–Crippen MR) is 108 cm³/mol. The van der Waals surface area contributed by atoms with Crippen molar-refractivity contribution in [1.82, 2.24) is 0 Å². The molecule has 1 aromatic rings. The Morgan fingerprint density at radius 1 is 0.900 bits per heavy atom. The van der Waals surface area contributed by atoms with E-state index in [-0.39, 0.29) is 43.0 Å². The number of hydrogen-bond acceptors (Lipinski definition) is 8. The standard InChI is InChI=1S/C20H28N2O8/c1-3-4-5-6-7-11-29-19(23)9-8-10-20(24)30-14-16-12-17(21(25)26)13-18(15(16)2)22(27)28/h12-13H,3-11,14H2,1-2H3. The van der Waals surface area contributed by atoms with E-state index >= 15 is 0 Å². The summed E-state index contributed by atoms with van der Waals surface area (Å²) in [6.07, 6.45) is 5.58. The van der Waals surface area contributed by atoms with Gasteiger partial charge in [0.1, 0.15) is 6.61 Å². The summed E-state index contributed by atoms with van der Waals surface area (Å²) < 4.78 is 10.2. The van der Waals surface area contributed by atoms with E-state index in [0.29, 0.717) is 6.61 Å². The maximum atomic E-state index is 11.9. The van der Waals surface area contributed by atoms with Crippen molar-refractivity contribution < 1.29 is 28.9 Å². The fourth-order valence-electron chi connectivity index (χ4n) is 2.76. The van der Waals surface area contributed by atoms with Crippen LogP contribution in [-0.4, -0.2) is 28.4 Å². The van der Waals surface area contributed by atoms with Crippen molar-refractivity contribution in [3.8, 4) is 0 Å². The van der Waals surface area contributed by atoms with E-state index in [1.54, 1.807) is 0 Å². The third kappa shape index (κ3) is 8.97. The molecule has 30 heavy (non-hydrogen) atoms. The molecule has 0 radical (unpaired) electrons. The number of ether oxygens (including phenoxy) is 2. The second-order valence-electron chi connectivity index (χ2n) is 6.91. The first-order valence-electron chi connectivity index (χ1n) is 9.99. The number of nitro groups is 2. The summed E-state index contributed by atoms with van der Waals surface area (Å²) in [5, 5.41) is 22.0. The Hall–Kier alpha value is -3.04. The molecule has 1 aromatic carbocycles. The van der Waals surface area contributed by atoms with Crippen molar-refractivity contribution in [1.29, 1.82) is 0 Å². The Bertz CT molecular complexity index is 763. The third-order valence-electron chi connectivity index (χ3n) is 4.54. The van der Waals surface area contributed by atoms with Gasteiger partial charge in [-0.3, -0.25) is 29.8 Å². The van der Waals surface area contributed by atoms with E-state index < -0.39 is 27.2 Å². The molecule has 0 saturated carbocycles. The van der Waals surface area contributed by atoms with Crippen LogP contribution in [0.2, 0.25) is 0 Å². The van der Waals surface area contributed by atoms with Crippen LogP contribution in [0.1, 0.15) is 69.4 Å². The number of hydrogen-bond donors (Lipinski definition) is 0. The number of rotatable bonds is 14. The minimum absolute atomic E-state index is 0.0261. The Balaban J connectivity index is 2.40. The van der Waals surface area contributed by atoms with E-state index in [9.17, 15) is 29.8 Å². The van der Waals surface area contributed by atoms with Gasteiger partial charge in [-0.05, 0) is 19.8 Å². The first-order valence-corrected chi connectivity index (χ1v) is 9.99. The number of carbonyl (C=O) groups excluding carboxylic acids is 2. The molecule has 0 fully saturated rings. The molecule has 0 aliphatic carbocycles. The molecule has 0 aromatic heterocycles. The molecule has 0 aliphatic heterocycles. The largest absolute Gasteiger partial charge is 0.466 e. The topological polar surface area (TPSA) is 139 Å². The second kappa shape index (κ2) is 13.2. The lowest BCUT2D eigenvalue weighted by Crippen LogP contribution is -2.09. The minimum Gasteiger partial charge on any atom is -0.466 e. The molecular weight excluding hydrogens is 396 g/mol. The van der Waals surface area contributed by atoms with Gasteiger partial charge in [-0.15, -0.1) is 0 Å². The first-order chi connectivity index (χ1) is 14.3. The Morgan fingerprint density at radius 3 is 2.13 bits per heavy atom. The SMILES string of the molecule is CCCCCCCOC(=O)CCCC(=O)OCc1cc([N+](=O)[O-])cc([N+](=O)[O-])c1C. The molecule has 166 valence electrons. The highest BCUT2D eigenvalue weighted by Crippen LogP contribution is 2.28. The highest BCUT2D eigenvalue weighted by Gasteiger charge is 2.22. The number of non-ortho nitro benzene ring substituents is 1. The van der Waals surface area contributed by atoms with Gasteiger partial charge in [0.25, 0.3) is 11.4 Å². The van der Waals surface area contributed by atoms with Crippen LogP contribution in [0.25, 0.3) is 0 Å². The van der Waals surface area contributed by atoms with Gasteiger partial charge >= 0.3 is 11.9 Å². The van der Waals surface area contributed by atoms with Crippen molar-refractivity contribution in [3.05, 3.63) is 43.5 Å². The van der Waals surface area contributed by atoms with Crippen LogP contribution in [0.4, 0.5) is 11.4 Å². The number of nitro benzene ring substituents is 2. The van der Waals surface area contributed by atoms with Gasteiger partial charge in [0.2, 0.25) is 0 Å². The lowest BCUT2D eigenvalue weighted by atomic mass is 10.1. The lowest BCUT2D eigenvalue weighted by Gasteiger charge is -2.08. The van der Waals surface area contributed by atoms with Crippen molar-refractivity contribution >= 4 is 23.3 Å². The second-order valence-corrected chi connectivity index (χ2v) is 6.91. The molecule has 10 nitrogen and oxygen atoms in total. The summed E-state index contributed by atoms with van der Waals surface area (Å²) in [7, 11) is 0. The Morgan fingerprint density at radius 2 is 1.53 bits per heavy atom.